The summed E-state index contributed by atoms with van der Waals surface area (Å²) >= 11 is 0. The second kappa shape index (κ2) is 5.14. The highest BCUT2D eigenvalue weighted by atomic mass is 16.5. The van der Waals surface area contributed by atoms with Crippen molar-refractivity contribution in [3.05, 3.63) is 47.3 Å². The number of ketones is 1. The molecule has 22 heavy (non-hydrogen) atoms. The molecular formula is C16H14N2O4. The van der Waals surface area contributed by atoms with Crippen molar-refractivity contribution >= 4 is 23.3 Å². The fraction of sp³-hybridized carbons (Fsp3) is 0.188. The Morgan fingerprint density at radius 2 is 1.91 bits per heavy atom. The number of carbonyl (C=O) groups excluding carboxylic acids is 3. The van der Waals surface area contributed by atoms with Crippen LogP contribution in [-0.2, 0) is 23.1 Å². The first kappa shape index (κ1) is 14.1. The Kier molecular flexibility index (Phi) is 3.29. The average molecular weight is 298 g/mol. The Morgan fingerprint density at radius 1 is 1.23 bits per heavy atom. The lowest BCUT2D eigenvalue weighted by Crippen LogP contribution is -2.11. The minimum Gasteiger partial charge on any atom is -0.424 e. The van der Waals surface area contributed by atoms with Crippen LogP contribution in [0.25, 0.3) is 0 Å². The van der Waals surface area contributed by atoms with Gasteiger partial charge in [0.1, 0.15) is 0 Å². The highest BCUT2D eigenvalue weighted by Gasteiger charge is 2.28. The second-order valence-corrected chi connectivity index (χ2v) is 5.14. The van der Waals surface area contributed by atoms with Crippen LogP contribution in [0.2, 0.25) is 0 Å². The number of ether oxygens (including phenoxy) is 1. The third kappa shape index (κ3) is 2.39. The lowest BCUT2D eigenvalue weighted by atomic mass is 10.1. The molecule has 112 valence electrons. The van der Waals surface area contributed by atoms with Gasteiger partial charge in [0, 0.05) is 31.3 Å². The molecule has 1 aromatic carbocycles. The molecular weight excluding hydrogens is 284 g/mol. The summed E-state index contributed by atoms with van der Waals surface area (Å²) in [5.41, 5.74) is 2.31. The van der Waals surface area contributed by atoms with Gasteiger partial charge in [-0.15, -0.1) is 0 Å². The van der Waals surface area contributed by atoms with Gasteiger partial charge in [0.15, 0.2) is 5.75 Å². The highest BCUT2D eigenvalue weighted by molar-refractivity contribution is 6.09. The summed E-state index contributed by atoms with van der Waals surface area (Å²) in [4.78, 5) is 34.8. The molecule has 6 nitrogen and oxygen atoms in total. The Labute approximate surface area is 126 Å². The van der Waals surface area contributed by atoms with Crippen LogP contribution >= 0.6 is 0 Å². The molecule has 0 unspecified atom stereocenters. The molecule has 0 bridgehead atoms. The maximum absolute atomic E-state index is 12.5. The molecule has 6 heteroatoms. The molecule has 0 radical (unpaired) electrons. The maximum Gasteiger partial charge on any atom is 0.317 e. The number of anilines is 1. The largest absolute Gasteiger partial charge is 0.424 e. The molecule has 1 aromatic heterocycles. The minimum atomic E-state index is -0.306. The fourth-order valence-corrected chi connectivity index (χ4v) is 2.48. The molecule has 0 aliphatic carbocycles. The van der Waals surface area contributed by atoms with Gasteiger partial charge in [-0.3, -0.25) is 14.4 Å². The van der Waals surface area contributed by atoms with E-state index in [1.807, 2.05) is 0 Å². The number of esters is 1. The fourth-order valence-electron chi connectivity index (χ4n) is 2.48. The SMILES string of the molecule is CC(=O)Nc1ccc(C(=O)c2cc3c(n2C)CC(=O)O3)cc1. The Bertz CT molecular complexity index is 787. The van der Waals surface area contributed by atoms with Crippen LogP contribution in [0.1, 0.15) is 28.7 Å². The lowest BCUT2D eigenvalue weighted by Gasteiger charge is -2.06. The number of rotatable bonds is 3. The Morgan fingerprint density at radius 3 is 2.50 bits per heavy atom. The summed E-state index contributed by atoms with van der Waals surface area (Å²) in [5.74, 6) is -0.188. The quantitative estimate of drug-likeness (QED) is 0.691. The summed E-state index contributed by atoms with van der Waals surface area (Å²) < 4.78 is 6.74. The third-order valence-corrected chi connectivity index (χ3v) is 3.55. The normalized spacial score (nSPS) is 12.7. The number of benzene rings is 1. The molecule has 0 spiro atoms. The van der Waals surface area contributed by atoms with Crippen molar-refractivity contribution in [2.75, 3.05) is 5.32 Å². The Hall–Kier alpha value is -2.89. The van der Waals surface area contributed by atoms with Gasteiger partial charge in [0.05, 0.1) is 17.8 Å². The monoisotopic (exact) mass is 298 g/mol. The van der Waals surface area contributed by atoms with E-state index in [0.717, 1.165) is 0 Å². The highest BCUT2D eigenvalue weighted by Crippen LogP contribution is 2.30. The van der Waals surface area contributed by atoms with E-state index in [1.54, 1.807) is 41.9 Å². The predicted octanol–water partition coefficient (Wildman–Crippen LogP) is 1.68. The number of nitrogens with zero attached hydrogens (tertiary/aromatic N) is 1. The van der Waals surface area contributed by atoms with E-state index in [-0.39, 0.29) is 24.1 Å². The summed E-state index contributed by atoms with van der Waals surface area (Å²) in [7, 11) is 1.74. The smallest absolute Gasteiger partial charge is 0.317 e. The first-order chi connectivity index (χ1) is 10.5. The molecule has 2 aromatic rings. The number of hydrogen-bond donors (Lipinski definition) is 1. The van der Waals surface area contributed by atoms with Crippen LogP contribution in [-0.4, -0.2) is 22.2 Å². The minimum absolute atomic E-state index is 0.165. The van der Waals surface area contributed by atoms with Gasteiger partial charge in [-0.2, -0.15) is 0 Å². The van der Waals surface area contributed by atoms with E-state index in [9.17, 15) is 14.4 Å². The first-order valence-corrected chi connectivity index (χ1v) is 6.77. The van der Waals surface area contributed by atoms with Gasteiger partial charge in [-0.25, -0.2) is 0 Å². The summed E-state index contributed by atoms with van der Waals surface area (Å²) in [6.07, 6.45) is 0.181. The van der Waals surface area contributed by atoms with Crippen molar-refractivity contribution < 1.29 is 19.1 Å². The predicted molar refractivity (Wildman–Crippen MR) is 78.9 cm³/mol. The molecule has 1 aliphatic heterocycles. The summed E-state index contributed by atoms with van der Waals surface area (Å²) in [6.45, 7) is 1.42. The number of fused-ring (bicyclic) bond motifs is 1. The lowest BCUT2D eigenvalue weighted by molar-refractivity contribution is -0.132. The molecule has 1 N–H and O–H groups in total. The van der Waals surface area contributed by atoms with E-state index in [1.165, 1.54) is 6.92 Å². The van der Waals surface area contributed by atoms with Crippen LogP contribution in [0.5, 0.6) is 5.75 Å². The van der Waals surface area contributed by atoms with Crippen molar-refractivity contribution in [3.63, 3.8) is 0 Å². The number of aromatic nitrogens is 1. The van der Waals surface area contributed by atoms with Gasteiger partial charge in [0.2, 0.25) is 11.7 Å². The summed E-state index contributed by atoms with van der Waals surface area (Å²) in [5, 5.41) is 2.65. The van der Waals surface area contributed by atoms with Crippen LogP contribution < -0.4 is 10.1 Å². The van der Waals surface area contributed by atoms with Gasteiger partial charge >= 0.3 is 5.97 Å². The molecule has 0 saturated heterocycles. The topological polar surface area (TPSA) is 77.4 Å². The van der Waals surface area contributed by atoms with Crippen LogP contribution in [0.15, 0.2) is 30.3 Å². The Balaban J connectivity index is 1.87. The van der Waals surface area contributed by atoms with Crippen molar-refractivity contribution in [2.24, 2.45) is 7.05 Å². The van der Waals surface area contributed by atoms with Crippen LogP contribution in [0.4, 0.5) is 5.69 Å². The van der Waals surface area contributed by atoms with Crippen molar-refractivity contribution in [1.29, 1.82) is 0 Å². The number of amides is 1. The number of hydrogen-bond acceptors (Lipinski definition) is 4. The van der Waals surface area contributed by atoms with Gasteiger partial charge in [-0.05, 0) is 24.3 Å². The zero-order valence-electron chi connectivity index (χ0n) is 12.2. The zero-order valence-corrected chi connectivity index (χ0v) is 12.2. The van der Waals surface area contributed by atoms with Crippen LogP contribution in [0.3, 0.4) is 0 Å². The number of nitrogens with one attached hydrogen (secondary N) is 1. The first-order valence-electron chi connectivity index (χ1n) is 6.77. The third-order valence-electron chi connectivity index (χ3n) is 3.55. The van der Waals surface area contributed by atoms with E-state index in [0.29, 0.717) is 28.4 Å². The van der Waals surface area contributed by atoms with Crippen LogP contribution in [0, 0.1) is 0 Å². The zero-order chi connectivity index (χ0) is 15.9. The summed E-state index contributed by atoms with van der Waals surface area (Å²) in [6, 6.07) is 8.23. The van der Waals surface area contributed by atoms with Crippen molar-refractivity contribution in [1.82, 2.24) is 4.57 Å². The van der Waals surface area contributed by atoms with E-state index in [4.69, 9.17) is 4.74 Å². The second-order valence-electron chi connectivity index (χ2n) is 5.14. The molecule has 2 heterocycles. The van der Waals surface area contributed by atoms with Gasteiger partial charge in [0.25, 0.3) is 0 Å². The number of carbonyl (C=O) groups is 3. The molecule has 0 fully saturated rings. The molecule has 3 rings (SSSR count). The maximum atomic E-state index is 12.5. The molecule has 0 atom stereocenters. The van der Waals surface area contributed by atoms with Crippen molar-refractivity contribution in [2.45, 2.75) is 13.3 Å². The van der Waals surface area contributed by atoms with E-state index >= 15 is 0 Å². The van der Waals surface area contributed by atoms with Crippen molar-refractivity contribution in [3.8, 4) is 5.75 Å². The molecule has 1 amide bonds. The van der Waals surface area contributed by atoms with E-state index in [2.05, 4.69) is 5.32 Å². The van der Waals surface area contributed by atoms with E-state index < -0.39 is 0 Å². The average Bonchev–Trinajstić information content (AvgIpc) is 2.97. The van der Waals surface area contributed by atoms with Gasteiger partial charge in [-0.1, -0.05) is 0 Å². The molecule has 1 aliphatic rings. The van der Waals surface area contributed by atoms with Gasteiger partial charge < -0.3 is 14.6 Å². The standard InChI is InChI=1S/C16H14N2O4/c1-9(19)17-11-5-3-10(4-6-11)16(21)13-7-14-12(18(13)2)8-15(20)22-14/h3-7H,8H2,1-2H3,(H,17,19). The molecule has 0 saturated carbocycles.